The average molecular weight is 316 g/mol. The SMILES string of the molecule is CCc1ccc(S(=O)(=O)N2CCN(CC(C)=O)CC2)s1. The zero-order valence-electron chi connectivity index (χ0n) is 11.8. The van der Waals surface area contributed by atoms with Crippen LogP contribution in [0.5, 0.6) is 0 Å². The van der Waals surface area contributed by atoms with Gasteiger partial charge in [0.05, 0.1) is 6.54 Å². The van der Waals surface area contributed by atoms with Crippen LogP contribution in [0.2, 0.25) is 0 Å². The van der Waals surface area contributed by atoms with Crippen molar-refractivity contribution in [3.8, 4) is 0 Å². The van der Waals surface area contributed by atoms with Gasteiger partial charge >= 0.3 is 0 Å². The molecule has 2 heterocycles. The molecular weight excluding hydrogens is 296 g/mol. The largest absolute Gasteiger partial charge is 0.299 e. The van der Waals surface area contributed by atoms with Gasteiger partial charge in [0.1, 0.15) is 9.99 Å². The summed E-state index contributed by atoms with van der Waals surface area (Å²) >= 11 is 1.35. The first-order chi connectivity index (χ1) is 9.43. The molecule has 0 bridgehead atoms. The highest BCUT2D eigenvalue weighted by atomic mass is 32.2. The molecule has 1 saturated heterocycles. The van der Waals surface area contributed by atoms with Gasteiger partial charge in [0.25, 0.3) is 10.0 Å². The molecule has 0 unspecified atom stereocenters. The van der Waals surface area contributed by atoms with Gasteiger partial charge < -0.3 is 0 Å². The molecule has 1 aromatic heterocycles. The lowest BCUT2D eigenvalue weighted by Gasteiger charge is -2.33. The summed E-state index contributed by atoms with van der Waals surface area (Å²) < 4.78 is 26.9. The van der Waals surface area contributed by atoms with Crippen LogP contribution in [0.1, 0.15) is 18.7 Å². The number of Topliss-reactive ketones (excluding diaryl/α,β-unsaturated/α-hetero) is 1. The number of hydrogen-bond donors (Lipinski definition) is 0. The third kappa shape index (κ3) is 3.46. The van der Waals surface area contributed by atoms with E-state index in [-0.39, 0.29) is 5.78 Å². The predicted molar refractivity (Wildman–Crippen MR) is 79.6 cm³/mol. The maximum Gasteiger partial charge on any atom is 0.252 e. The van der Waals surface area contributed by atoms with Crippen LogP contribution in [0.25, 0.3) is 0 Å². The van der Waals surface area contributed by atoms with Crippen molar-refractivity contribution in [1.82, 2.24) is 9.21 Å². The Balaban J connectivity index is 2.03. The zero-order valence-corrected chi connectivity index (χ0v) is 13.5. The Bertz CT molecular complexity index is 572. The summed E-state index contributed by atoms with van der Waals surface area (Å²) in [6, 6.07) is 3.57. The van der Waals surface area contributed by atoms with Crippen molar-refractivity contribution in [1.29, 1.82) is 0 Å². The highest BCUT2D eigenvalue weighted by Gasteiger charge is 2.29. The van der Waals surface area contributed by atoms with Crippen LogP contribution >= 0.6 is 11.3 Å². The topological polar surface area (TPSA) is 57.7 Å². The van der Waals surface area contributed by atoms with Gasteiger partial charge in [0.15, 0.2) is 0 Å². The Labute approximate surface area is 124 Å². The molecule has 5 nitrogen and oxygen atoms in total. The monoisotopic (exact) mass is 316 g/mol. The summed E-state index contributed by atoms with van der Waals surface area (Å²) in [5, 5.41) is 0. The van der Waals surface area contributed by atoms with Crippen molar-refractivity contribution >= 4 is 27.1 Å². The maximum absolute atomic E-state index is 12.5. The van der Waals surface area contributed by atoms with E-state index >= 15 is 0 Å². The van der Waals surface area contributed by atoms with Gasteiger partial charge in [-0.3, -0.25) is 9.69 Å². The molecule has 7 heteroatoms. The number of aryl methyl sites for hydroxylation is 1. The molecule has 0 radical (unpaired) electrons. The normalized spacial score (nSPS) is 18.3. The second kappa shape index (κ2) is 6.34. The van der Waals surface area contributed by atoms with Crippen LogP contribution in [0.3, 0.4) is 0 Å². The minimum atomic E-state index is -3.36. The molecule has 1 aromatic rings. The summed E-state index contributed by atoms with van der Waals surface area (Å²) in [5.74, 6) is 0.118. The number of ketones is 1. The van der Waals surface area contributed by atoms with Crippen molar-refractivity contribution in [2.75, 3.05) is 32.7 Å². The second-order valence-electron chi connectivity index (χ2n) is 4.96. The fourth-order valence-electron chi connectivity index (χ4n) is 2.26. The zero-order chi connectivity index (χ0) is 14.8. The van der Waals surface area contributed by atoms with E-state index in [2.05, 4.69) is 0 Å². The minimum absolute atomic E-state index is 0.118. The van der Waals surface area contributed by atoms with Crippen molar-refractivity contribution in [3.63, 3.8) is 0 Å². The standard InChI is InChI=1S/C13H20N2O3S2/c1-3-12-4-5-13(19-12)20(17,18)15-8-6-14(7-9-15)10-11(2)16/h4-5H,3,6-10H2,1-2H3. The average Bonchev–Trinajstić information content (AvgIpc) is 2.88. The number of carbonyl (C=O) groups is 1. The van der Waals surface area contributed by atoms with Gasteiger partial charge in [-0.15, -0.1) is 11.3 Å². The van der Waals surface area contributed by atoms with Gasteiger partial charge in [-0.05, 0) is 25.5 Å². The number of sulfonamides is 1. The third-order valence-corrected chi connectivity index (χ3v) is 6.95. The third-order valence-electron chi connectivity index (χ3n) is 3.36. The molecule has 2 rings (SSSR count). The molecule has 20 heavy (non-hydrogen) atoms. The van der Waals surface area contributed by atoms with E-state index in [1.807, 2.05) is 17.9 Å². The number of thiophene rings is 1. The lowest BCUT2D eigenvalue weighted by atomic mass is 10.3. The fourth-order valence-corrected chi connectivity index (χ4v) is 5.13. The molecule has 0 N–H and O–H groups in total. The van der Waals surface area contributed by atoms with Crippen LogP contribution < -0.4 is 0 Å². The molecule has 0 aromatic carbocycles. The van der Waals surface area contributed by atoms with Crippen LogP contribution in [-0.2, 0) is 21.2 Å². The van der Waals surface area contributed by atoms with E-state index in [0.717, 1.165) is 11.3 Å². The van der Waals surface area contributed by atoms with Gasteiger partial charge in [0, 0.05) is 31.1 Å². The quantitative estimate of drug-likeness (QED) is 0.819. The molecule has 1 aliphatic rings. The summed E-state index contributed by atoms with van der Waals surface area (Å²) in [5.41, 5.74) is 0. The Kier molecular flexibility index (Phi) is 4.95. The highest BCUT2D eigenvalue weighted by molar-refractivity contribution is 7.91. The Hall–Kier alpha value is -0.760. The Morgan fingerprint density at radius 1 is 1.25 bits per heavy atom. The predicted octanol–water partition coefficient (Wildman–Crippen LogP) is 1.21. The van der Waals surface area contributed by atoms with E-state index < -0.39 is 10.0 Å². The molecule has 0 amide bonds. The molecular formula is C13H20N2O3S2. The number of hydrogen-bond acceptors (Lipinski definition) is 5. The number of carbonyl (C=O) groups excluding carboxylic acids is 1. The maximum atomic E-state index is 12.5. The molecule has 0 aliphatic carbocycles. The molecule has 112 valence electrons. The molecule has 0 atom stereocenters. The van der Waals surface area contributed by atoms with E-state index in [0.29, 0.717) is 36.9 Å². The first kappa shape index (κ1) is 15.6. The van der Waals surface area contributed by atoms with Crippen molar-refractivity contribution in [2.24, 2.45) is 0 Å². The number of rotatable bonds is 5. The molecule has 0 spiro atoms. The van der Waals surface area contributed by atoms with Crippen molar-refractivity contribution in [2.45, 2.75) is 24.5 Å². The number of nitrogens with zero attached hydrogens (tertiary/aromatic N) is 2. The fraction of sp³-hybridized carbons (Fsp3) is 0.615. The minimum Gasteiger partial charge on any atom is -0.299 e. The van der Waals surface area contributed by atoms with Gasteiger partial charge in [-0.1, -0.05) is 6.92 Å². The lowest BCUT2D eigenvalue weighted by Crippen LogP contribution is -2.49. The first-order valence-corrected chi connectivity index (χ1v) is 9.00. The van der Waals surface area contributed by atoms with Crippen molar-refractivity contribution < 1.29 is 13.2 Å². The van der Waals surface area contributed by atoms with E-state index in [9.17, 15) is 13.2 Å². The summed E-state index contributed by atoms with van der Waals surface area (Å²) in [6.07, 6.45) is 0.854. The summed E-state index contributed by atoms with van der Waals surface area (Å²) in [6.45, 7) is 6.12. The van der Waals surface area contributed by atoms with Crippen LogP contribution in [-0.4, -0.2) is 56.1 Å². The number of piperazine rings is 1. The molecule has 1 fully saturated rings. The second-order valence-corrected chi connectivity index (χ2v) is 8.29. The molecule has 0 saturated carbocycles. The lowest BCUT2D eigenvalue weighted by molar-refractivity contribution is -0.118. The van der Waals surface area contributed by atoms with E-state index in [1.54, 1.807) is 13.0 Å². The van der Waals surface area contributed by atoms with Gasteiger partial charge in [-0.2, -0.15) is 4.31 Å². The van der Waals surface area contributed by atoms with Gasteiger partial charge in [-0.25, -0.2) is 8.42 Å². The molecule has 1 aliphatic heterocycles. The van der Waals surface area contributed by atoms with Gasteiger partial charge in [0.2, 0.25) is 0 Å². The van der Waals surface area contributed by atoms with Crippen molar-refractivity contribution in [3.05, 3.63) is 17.0 Å². The Morgan fingerprint density at radius 2 is 1.90 bits per heavy atom. The highest BCUT2D eigenvalue weighted by Crippen LogP contribution is 2.25. The van der Waals surface area contributed by atoms with Crippen LogP contribution in [0.4, 0.5) is 0 Å². The Morgan fingerprint density at radius 3 is 2.40 bits per heavy atom. The summed E-state index contributed by atoms with van der Waals surface area (Å²) in [7, 11) is -3.36. The van der Waals surface area contributed by atoms with Crippen LogP contribution in [0, 0.1) is 0 Å². The summed E-state index contributed by atoms with van der Waals surface area (Å²) in [4.78, 5) is 14.2. The smallest absolute Gasteiger partial charge is 0.252 e. The van der Waals surface area contributed by atoms with Crippen LogP contribution in [0.15, 0.2) is 16.3 Å². The first-order valence-electron chi connectivity index (χ1n) is 6.74. The van der Waals surface area contributed by atoms with E-state index in [1.165, 1.54) is 15.6 Å². The van der Waals surface area contributed by atoms with E-state index in [4.69, 9.17) is 0 Å².